The van der Waals surface area contributed by atoms with E-state index in [0.717, 1.165) is 16.7 Å². The Morgan fingerprint density at radius 1 is 0.887 bits per heavy atom. The first-order chi connectivity index (χ1) is 25.3. The Morgan fingerprint density at radius 2 is 1.42 bits per heavy atom. The second kappa shape index (κ2) is 18.2. The Kier molecular flexibility index (Phi) is 13.7. The summed E-state index contributed by atoms with van der Waals surface area (Å²) in [5.41, 5.74) is 1.08. The standard InChI is InChI=1S/C42H52N2O9/c1-29(45)43-37-35(23-22-34(46)33-27-51-42(5,6)44(33)40(47)53-41(2,3)4)52-36(28-48-24-30-16-10-7-11-17-30)38(49-25-31-18-12-8-13-19-31)39(37)50-26-32-20-14-9-15-21-32/h7-21,33-39,46H,24-28H2,1-6H3,(H,43,45)/t33-,34+,35-,36-,37+,38-,39-/m1/s1. The quantitative estimate of drug-likeness (QED) is 0.237. The van der Waals surface area contributed by atoms with Gasteiger partial charge in [0.15, 0.2) is 0 Å². The zero-order chi connectivity index (χ0) is 38.0. The third-order valence-electron chi connectivity index (χ3n) is 8.87. The Hall–Kier alpha value is -4.28. The number of benzene rings is 3. The van der Waals surface area contributed by atoms with Gasteiger partial charge in [-0.1, -0.05) is 103 Å². The number of amides is 2. The highest BCUT2D eigenvalue weighted by molar-refractivity contribution is 5.73. The van der Waals surface area contributed by atoms with Gasteiger partial charge in [0.25, 0.3) is 0 Å². The number of carbonyl (C=O) groups excluding carboxylic acids is 2. The lowest BCUT2D eigenvalue weighted by molar-refractivity contribution is -0.222. The molecule has 2 fully saturated rings. The minimum absolute atomic E-state index is 0.0386. The SMILES string of the molecule is CC(=O)N[C@@H]1[C@@H](OCc2ccccc2)[C@H](OCc2ccccc2)[C@@H](COCc2ccccc2)O[C@@H]1C#C[C@H](O)[C@H]1COC(C)(C)N1C(=O)OC(C)(C)C. The van der Waals surface area contributed by atoms with Crippen molar-refractivity contribution in [1.82, 2.24) is 10.2 Å². The van der Waals surface area contributed by atoms with Crippen molar-refractivity contribution in [2.45, 2.75) is 115 Å². The second-order valence-corrected chi connectivity index (χ2v) is 14.8. The number of nitrogens with one attached hydrogen (secondary N) is 1. The van der Waals surface area contributed by atoms with Crippen molar-refractivity contribution < 1.29 is 43.1 Å². The van der Waals surface area contributed by atoms with Crippen LogP contribution in [-0.4, -0.2) is 89.2 Å². The van der Waals surface area contributed by atoms with Gasteiger partial charge in [-0.15, -0.1) is 0 Å². The molecule has 53 heavy (non-hydrogen) atoms. The van der Waals surface area contributed by atoms with Crippen LogP contribution in [0.5, 0.6) is 0 Å². The van der Waals surface area contributed by atoms with Gasteiger partial charge in [0.1, 0.15) is 41.8 Å². The first kappa shape index (κ1) is 39.9. The van der Waals surface area contributed by atoms with E-state index in [1.165, 1.54) is 11.8 Å². The molecule has 0 radical (unpaired) electrons. The van der Waals surface area contributed by atoms with Gasteiger partial charge in [-0.3, -0.25) is 9.69 Å². The third kappa shape index (κ3) is 11.4. The van der Waals surface area contributed by atoms with Gasteiger partial charge in [-0.25, -0.2) is 4.79 Å². The van der Waals surface area contributed by atoms with Gasteiger partial charge in [-0.05, 0) is 51.3 Å². The molecule has 0 aliphatic carbocycles. The molecule has 0 unspecified atom stereocenters. The maximum atomic E-state index is 13.3. The molecule has 2 saturated heterocycles. The topological polar surface area (TPSA) is 125 Å². The molecular formula is C42H52N2O9. The van der Waals surface area contributed by atoms with Crippen LogP contribution < -0.4 is 5.32 Å². The van der Waals surface area contributed by atoms with Crippen LogP contribution in [0.3, 0.4) is 0 Å². The smallest absolute Gasteiger partial charge is 0.413 e. The Balaban J connectivity index is 1.47. The highest BCUT2D eigenvalue weighted by Gasteiger charge is 2.50. The van der Waals surface area contributed by atoms with Crippen LogP contribution in [0.1, 0.15) is 58.2 Å². The lowest BCUT2D eigenvalue weighted by atomic mass is 9.91. The van der Waals surface area contributed by atoms with Crippen LogP contribution in [0, 0.1) is 11.8 Å². The van der Waals surface area contributed by atoms with E-state index in [2.05, 4.69) is 17.2 Å². The van der Waals surface area contributed by atoms with E-state index >= 15 is 0 Å². The van der Waals surface area contributed by atoms with Gasteiger partial charge in [0, 0.05) is 6.92 Å². The number of ether oxygens (including phenoxy) is 6. The fraction of sp³-hybridized carbons (Fsp3) is 0.476. The summed E-state index contributed by atoms with van der Waals surface area (Å²) in [7, 11) is 0. The van der Waals surface area contributed by atoms with Gasteiger partial charge in [0.2, 0.25) is 5.91 Å². The molecule has 11 heteroatoms. The van der Waals surface area contributed by atoms with Crippen LogP contribution in [0.25, 0.3) is 0 Å². The van der Waals surface area contributed by atoms with Crippen LogP contribution >= 0.6 is 0 Å². The van der Waals surface area contributed by atoms with Crippen molar-refractivity contribution >= 4 is 12.0 Å². The second-order valence-electron chi connectivity index (χ2n) is 14.8. The zero-order valence-corrected chi connectivity index (χ0v) is 31.4. The highest BCUT2D eigenvalue weighted by atomic mass is 16.6. The van der Waals surface area contributed by atoms with Crippen molar-refractivity contribution in [2.24, 2.45) is 0 Å². The Labute approximate surface area is 312 Å². The molecule has 2 amide bonds. The van der Waals surface area contributed by atoms with Crippen LogP contribution in [-0.2, 0) is 53.0 Å². The molecule has 0 saturated carbocycles. The average Bonchev–Trinajstić information content (AvgIpc) is 3.45. The summed E-state index contributed by atoms with van der Waals surface area (Å²) in [6, 6.07) is 27.7. The van der Waals surface area contributed by atoms with Crippen molar-refractivity contribution in [2.75, 3.05) is 13.2 Å². The van der Waals surface area contributed by atoms with Gasteiger partial charge >= 0.3 is 6.09 Å². The van der Waals surface area contributed by atoms with E-state index in [1.54, 1.807) is 34.6 Å². The van der Waals surface area contributed by atoms with Gasteiger partial charge in [-0.2, -0.15) is 0 Å². The molecule has 0 spiro atoms. The fourth-order valence-electron chi connectivity index (χ4n) is 6.39. The largest absolute Gasteiger partial charge is 0.444 e. The number of carbonyl (C=O) groups is 2. The van der Waals surface area contributed by atoms with Gasteiger partial charge < -0.3 is 38.8 Å². The van der Waals surface area contributed by atoms with E-state index in [0.29, 0.717) is 6.61 Å². The van der Waals surface area contributed by atoms with E-state index in [1.807, 2.05) is 91.0 Å². The zero-order valence-electron chi connectivity index (χ0n) is 31.4. The highest BCUT2D eigenvalue weighted by Crippen LogP contribution is 2.32. The normalized spacial score (nSPS) is 24.5. The molecule has 2 heterocycles. The molecule has 2 aliphatic rings. The third-order valence-corrected chi connectivity index (χ3v) is 8.87. The average molecular weight is 729 g/mol. The van der Waals surface area contributed by atoms with E-state index in [9.17, 15) is 14.7 Å². The molecule has 2 N–H and O–H groups in total. The predicted molar refractivity (Wildman–Crippen MR) is 198 cm³/mol. The molecule has 11 nitrogen and oxygen atoms in total. The van der Waals surface area contributed by atoms with E-state index < -0.39 is 60.0 Å². The monoisotopic (exact) mass is 728 g/mol. The van der Waals surface area contributed by atoms with Crippen LogP contribution in [0.2, 0.25) is 0 Å². The Morgan fingerprint density at radius 3 is 1.94 bits per heavy atom. The number of hydrogen-bond acceptors (Lipinski definition) is 9. The molecule has 3 aromatic rings. The summed E-state index contributed by atoms with van der Waals surface area (Å²) in [6.45, 7) is 11.2. The Bertz CT molecular complexity index is 1670. The summed E-state index contributed by atoms with van der Waals surface area (Å²) in [5, 5.41) is 14.5. The van der Waals surface area contributed by atoms with Crippen molar-refractivity contribution in [3.63, 3.8) is 0 Å². The number of aliphatic hydroxyl groups excluding tert-OH is 1. The first-order valence-electron chi connectivity index (χ1n) is 18.0. The number of hydrogen-bond donors (Lipinski definition) is 2. The fourth-order valence-corrected chi connectivity index (χ4v) is 6.39. The molecule has 0 aromatic heterocycles. The van der Waals surface area contributed by atoms with Gasteiger partial charge in [0.05, 0.1) is 45.1 Å². The molecule has 284 valence electrons. The lowest BCUT2D eigenvalue weighted by Gasteiger charge is -2.45. The maximum Gasteiger partial charge on any atom is 0.413 e. The maximum absolute atomic E-state index is 13.3. The number of nitrogens with zero attached hydrogens (tertiary/aromatic N) is 1. The van der Waals surface area contributed by atoms with E-state index in [-0.39, 0.29) is 32.3 Å². The van der Waals surface area contributed by atoms with Crippen molar-refractivity contribution in [3.05, 3.63) is 108 Å². The van der Waals surface area contributed by atoms with E-state index in [4.69, 9.17) is 28.4 Å². The van der Waals surface area contributed by atoms with Crippen LogP contribution in [0.4, 0.5) is 4.79 Å². The number of aliphatic hydroxyl groups is 1. The summed E-state index contributed by atoms with van der Waals surface area (Å²) in [6.07, 6.45) is -5.04. The summed E-state index contributed by atoms with van der Waals surface area (Å²) < 4.78 is 37.7. The van der Waals surface area contributed by atoms with Crippen LogP contribution in [0.15, 0.2) is 91.0 Å². The first-order valence-corrected chi connectivity index (χ1v) is 18.0. The summed E-state index contributed by atoms with van der Waals surface area (Å²) in [5.74, 6) is 5.68. The summed E-state index contributed by atoms with van der Waals surface area (Å²) in [4.78, 5) is 27.4. The van der Waals surface area contributed by atoms with Crippen molar-refractivity contribution in [1.29, 1.82) is 0 Å². The molecule has 7 atom stereocenters. The minimum Gasteiger partial charge on any atom is -0.444 e. The molecule has 3 aromatic carbocycles. The molecule has 5 rings (SSSR count). The molecular weight excluding hydrogens is 676 g/mol. The van der Waals surface area contributed by atoms with Crippen molar-refractivity contribution in [3.8, 4) is 11.8 Å². The molecule has 2 aliphatic heterocycles. The number of rotatable bonds is 12. The lowest BCUT2D eigenvalue weighted by Crippen LogP contribution is -2.65. The summed E-state index contributed by atoms with van der Waals surface area (Å²) >= 11 is 0. The molecule has 0 bridgehead atoms. The minimum atomic E-state index is -1.34. The predicted octanol–water partition coefficient (Wildman–Crippen LogP) is 5.38.